The molecule has 1 aliphatic heterocycles. The molecule has 0 bridgehead atoms. The van der Waals surface area contributed by atoms with E-state index in [-0.39, 0.29) is 45.2 Å². The minimum atomic E-state index is -3.09. The van der Waals surface area contributed by atoms with Crippen molar-refractivity contribution in [3.8, 4) is 0 Å². The molecule has 2 aliphatic rings. The number of benzene rings is 1. The summed E-state index contributed by atoms with van der Waals surface area (Å²) in [6, 6.07) is 7.71. The first kappa shape index (κ1) is 20.7. The van der Waals surface area contributed by atoms with Crippen LogP contribution < -0.4 is 0 Å². The van der Waals surface area contributed by atoms with Crippen LogP contribution in [0.15, 0.2) is 34.8 Å². The number of carbonyl (C=O) groups is 1. The zero-order chi connectivity index (χ0) is 20.0. The Labute approximate surface area is 171 Å². The number of sulfone groups is 1. The van der Waals surface area contributed by atoms with E-state index < -0.39 is 9.84 Å². The van der Waals surface area contributed by atoms with Crippen molar-refractivity contribution in [3.05, 3.63) is 46.0 Å². The maximum atomic E-state index is 13.4. The molecule has 0 aromatic heterocycles. The number of aryl methyl sites for hydroxylation is 1. The van der Waals surface area contributed by atoms with Crippen LogP contribution in [0.1, 0.15) is 31.4 Å². The molecule has 148 valence electrons. The molecule has 4 nitrogen and oxygen atoms in total. The summed E-state index contributed by atoms with van der Waals surface area (Å²) in [5.74, 6) is -0.111. The van der Waals surface area contributed by atoms with Gasteiger partial charge in [0.15, 0.2) is 9.84 Å². The summed E-state index contributed by atoms with van der Waals surface area (Å²) in [7, 11) is -3.09. The molecule has 0 spiro atoms. The van der Waals surface area contributed by atoms with Crippen molar-refractivity contribution >= 4 is 38.9 Å². The van der Waals surface area contributed by atoms with Gasteiger partial charge in [-0.2, -0.15) is 0 Å². The highest BCUT2D eigenvalue weighted by atomic mass is 35.5. The maximum absolute atomic E-state index is 13.4. The number of nitrogens with zero attached hydrogens (tertiary/aromatic N) is 1. The molecule has 1 saturated carbocycles. The van der Waals surface area contributed by atoms with Crippen molar-refractivity contribution in [3.63, 3.8) is 0 Å². The number of halogens is 2. The third kappa shape index (κ3) is 4.52. The molecular formula is C20H25Cl2NO3S. The summed E-state index contributed by atoms with van der Waals surface area (Å²) in [4.78, 5) is 15.2. The van der Waals surface area contributed by atoms with Crippen LogP contribution in [0.4, 0.5) is 0 Å². The summed E-state index contributed by atoms with van der Waals surface area (Å²) in [5, 5.41) is 0. The Morgan fingerprint density at radius 2 is 1.89 bits per heavy atom. The summed E-state index contributed by atoms with van der Waals surface area (Å²) >= 11 is 11.6. The third-order valence-electron chi connectivity index (χ3n) is 5.89. The molecule has 1 amide bonds. The van der Waals surface area contributed by atoms with E-state index in [0.717, 1.165) is 11.1 Å². The predicted molar refractivity (Wildman–Crippen MR) is 109 cm³/mol. The van der Waals surface area contributed by atoms with Crippen LogP contribution in [0.3, 0.4) is 0 Å². The number of hydrogen-bond donors (Lipinski definition) is 0. The number of amides is 1. The molecule has 1 aromatic carbocycles. The van der Waals surface area contributed by atoms with E-state index in [2.05, 4.69) is 0 Å². The van der Waals surface area contributed by atoms with Crippen molar-refractivity contribution in [2.45, 2.75) is 39.8 Å². The summed E-state index contributed by atoms with van der Waals surface area (Å²) in [5.41, 5.74) is 1.90. The monoisotopic (exact) mass is 429 g/mol. The maximum Gasteiger partial charge on any atom is 0.227 e. The fourth-order valence-electron chi connectivity index (χ4n) is 4.07. The van der Waals surface area contributed by atoms with Gasteiger partial charge < -0.3 is 4.90 Å². The molecule has 1 aromatic rings. The predicted octanol–water partition coefficient (Wildman–Crippen LogP) is 4.10. The lowest BCUT2D eigenvalue weighted by atomic mass is 10.1. The van der Waals surface area contributed by atoms with E-state index in [1.54, 1.807) is 11.0 Å². The molecular weight excluding hydrogens is 405 g/mol. The van der Waals surface area contributed by atoms with Crippen molar-refractivity contribution in [1.82, 2.24) is 4.90 Å². The second-order valence-electron chi connectivity index (χ2n) is 8.29. The molecule has 1 saturated heterocycles. The molecule has 0 unspecified atom stereocenters. The number of rotatable bonds is 5. The van der Waals surface area contributed by atoms with Crippen LogP contribution in [-0.2, 0) is 21.2 Å². The van der Waals surface area contributed by atoms with Crippen LogP contribution in [0, 0.1) is 24.2 Å². The van der Waals surface area contributed by atoms with Crippen LogP contribution in [0.5, 0.6) is 0 Å². The Morgan fingerprint density at radius 3 is 2.41 bits per heavy atom. The Kier molecular flexibility index (Phi) is 5.68. The molecule has 3 atom stereocenters. The summed E-state index contributed by atoms with van der Waals surface area (Å²) in [6.07, 6.45) is 2.21. The minimum Gasteiger partial charge on any atom is -0.334 e. The standard InChI is InChI=1S/C20H25Cl2NO3S/c1-13-4-6-14(7-5-13)11-23(15-8-9-27(25,26)12-15)19(24)18-16(10-17(21)22)20(18,2)3/h4-7,10,15-16,18H,8-9,11-12H2,1-3H3/t15-,16+,18-/m0/s1. The van der Waals surface area contributed by atoms with E-state index in [1.807, 2.05) is 45.0 Å². The van der Waals surface area contributed by atoms with E-state index in [9.17, 15) is 13.2 Å². The van der Waals surface area contributed by atoms with Crippen molar-refractivity contribution in [2.24, 2.45) is 17.3 Å². The van der Waals surface area contributed by atoms with E-state index in [1.165, 1.54) is 0 Å². The third-order valence-corrected chi connectivity index (χ3v) is 7.89. The lowest BCUT2D eigenvalue weighted by Gasteiger charge is -2.29. The van der Waals surface area contributed by atoms with E-state index >= 15 is 0 Å². The van der Waals surface area contributed by atoms with Crippen LogP contribution >= 0.6 is 23.2 Å². The van der Waals surface area contributed by atoms with Gasteiger partial charge >= 0.3 is 0 Å². The van der Waals surface area contributed by atoms with Gasteiger partial charge in [-0.25, -0.2) is 8.42 Å². The van der Waals surface area contributed by atoms with Crippen molar-refractivity contribution < 1.29 is 13.2 Å². The molecule has 7 heteroatoms. The van der Waals surface area contributed by atoms with Gasteiger partial charge in [-0.15, -0.1) is 0 Å². The highest BCUT2D eigenvalue weighted by Crippen LogP contribution is 2.60. The van der Waals surface area contributed by atoms with Crippen LogP contribution in [0.25, 0.3) is 0 Å². The molecule has 3 rings (SSSR count). The van der Waals surface area contributed by atoms with E-state index in [4.69, 9.17) is 23.2 Å². The number of hydrogen-bond acceptors (Lipinski definition) is 3. The lowest BCUT2D eigenvalue weighted by Crippen LogP contribution is -2.42. The van der Waals surface area contributed by atoms with Gasteiger partial charge in [-0.05, 0) is 36.3 Å². The fraction of sp³-hybridized carbons (Fsp3) is 0.550. The lowest BCUT2D eigenvalue weighted by molar-refractivity contribution is -0.136. The molecule has 1 aliphatic carbocycles. The van der Waals surface area contributed by atoms with Gasteiger partial charge in [0, 0.05) is 12.6 Å². The Hall–Kier alpha value is -1.04. The van der Waals surface area contributed by atoms with Gasteiger partial charge in [0.05, 0.1) is 17.4 Å². The topological polar surface area (TPSA) is 54.5 Å². The first-order valence-electron chi connectivity index (χ1n) is 9.10. The molecule has 2 fully saturated rings. The van der Waals surface area contributed by atoms with Gasteiger partial charge in [-0.1, -0.05) is 66.9 Å². The van der Waals surface area contributed by atoms with Crippen molar-refractivity contribution in [1.29, 1.82) is 0 Å². The van der Waals surface area contributed by atoms with Crippen LogP contribution in [0.2, 0.25) is 0 Å². The zero-order valence-corrected chi connectivity index (χ0v) is 18.1. The average molecular weight is 430 g/mol. The normalized spacial score (nSPS) is 27.8. The van der Waals surface area contributed by atoms with E-state index in [0.29, 0.717) is 13.0 Å². The first-order chi connectivity index (χ1) is 12.5. The second kappa shape index (κ2) is 7.41. The molecule has 0 N–H and O–H groups in total. The Bertz CT molecular complexity index is 858. The quantitative estimate of drug-likeness (QED) is 0.707. The highest BCUT2D eigenvalue weighted by molar-refractivity contribution is 7.91. The smallest absolute Gasteiger partial charge is 0.227 e. The molecule has 0 radical (unpaired) electrons. The minimum absolute atomic E-state index is 0.0153. The largest absolute Gasteiger partial charge is 0.334 e. The van der Waals surface area contributed by atoms with Crippen LogP contribution in [-0.4, -0.2) is 36.8 Å². The summed E-state index contributed by atoms with van der Waals surface area (Å²) < 4.78 is 24.2. The SMILES string of the molecule is Cc1ccc(CN(C(=O)[C@@H]2[C@@H](C=C(Cl)Cl)C2(C)C)[C@H]2CCS(=O)(=O)C2)cc1. The Morgan fingerprint density at radius 1 is 1.26 bits per heavy atom. The number of carbonyl (C=O) groups excluding carboxylic acids is 1. The zero-order valence-electron chi connectivity index (χ0n) is 15.8. The number of allylic oxidation sites excluding steroid dienone is 1. The van der Waals surface area contributed by atoms with Gasteiger partial charge in [0.2, 0.25) is 5.91 Å². The first-order valence-corrected chi connectivity index (χ1v) is 11.7. The average Bonchev–Trinajstić information content (AvgIpc) is 2.90. The van der Waals surface area contributed by atoms with Gasteiger partial charge in [-0.3, -0.25) is 4.79 Å². The highest BCUT2D eigenvalue weighted by Gasteiger charge is 2.62. The second-order valence-corrected chi connectivity index (χ2v) is 11.5. The van der Waals surface area contributed by atoms with Gasteiger partial charge in [0.25, 0.3) is 0 Å². The van der Waals surface area contributed by atoms with Gasteiger partial charge in [0.1, 0.15) is 4.49 Å². The fourth-order valence-corrected chi connectivity index (χ4v) is 6.08. The molecule has 27 heavy (non-hydrogen) atoms. The molecule has 1 heterocycles. The Balaban J connectivity index is 1.86. The summed E-state index contributed by atoms with van der Waals surface area (Å²) in [6.45, 7) is 6.46. The van der Waals surface area contributed by atoms with Crippen molar-refractivity contribution in [2.75, 3.05) is 11.5 Å².